The fraction of sp³-hybridized carbons (Fsp3) is 0.727. The summed E-state index contributed by atoms with van der Waals surface area (Å²) in [7, 11) is 1.94. The fourth-order valence-corrected chi connectivity index (χ4v) is 1.12. The molecule has 0 aromatic carbocycles. The zero-order valence-corrected chi connectivity index (χ0v) is 9.83. The Balaban J connectivity index is 2.41. The van der Waals surface area contributed by atoms with Crippen molar-refractivity contribution in [1.29, 1.82) is 0 Å². The smallest absolute Gasteiger partial charge is 0.0762 e. The van der Waals surface area contributed by atoms with Crippen LogP contribution in [0.2, 0.25) is 0 Å². The van der Waals surface area contributed by atoms with Gasteiger partial charge in [-0.3, -0.25) is 4.68 Å². The predicted octanol–water partition coefficient (Wildman–Crippen LogP) is 1.94. The molecule has 14 heavy (non-hydrogen) atoms. The van der Waals surface area contributed by atoms with E-state index in [1.54, 1.807) is 0 Å². The summed E-state index contributed by atoms with van der Waals surface area (Å²) in [5.41, 5.74) is 1.40. The van der Waals surface area contributed by atoms with Crippen molar-refractivity contribution in [2.75, 3.05) is 0 Å². The van der Waals surface area contributed by atoms with Crippen molar-refractivity contribution in [3.8, 4) is 0 Å². The Morgan fingerprint density at radius 3 is 2.57 bits per heavy atom. The molecule has 1 unspecified atom stereocenters. The molecule has 1 rings (SSSR count). The molecule has 1 aromatic rings. The van der Waals surface area contributed by atoms with E-state index >= 15 is 0 Å². The molecule has 0 radical (unpaired) electrons. The Kier molecular flexibility index (Phi) is 3.32. The van der Waals surface area contributed by atoms with Crippen molar-refractivity contribution >= 4 is 0 Å². The standard InChI is InChI=1S/C11H21N3/c1-9(11(2,3)4)12-8-10-6-7-14(5)13-10/h6-7,9,12H,8H2,1-5H3. The largest absolute Gasteiger partial charge is 0.308 e. The first-order valence-corrected chi connectivity index (χ1v) is 5.11. The Labute approximate surface area is 86.5 Å². The van der Waals surface area contributed by atoms with Crippen LogP contribution in [0.1, 0.15) is 33.4 Å². The minimum absolute atomic E-state index is 0.300. The van der Waals surface area contributed by atoms with Crippen LogP contribution in [0.25, 0.3) is 0 Å². The third-order valence-corrected chi connectivity index (χ3v) is 2.66. The van der Waals surface area contributed by atoms with Crippen molar-refractivity contribution < 1.29 is 0 Å². The molecule has 0 spiro atoms. The van der Waals surface area contributed by atoms with Crippen molar-refractivity contribution in [2.45, 2.75) is 40.3 Å². The third kappa shape index (κ3) is 3.14. The number of aryl methyl sites for hydroxylation is 1. The van der Waals surface area contributed by atoms with Crippen LogP contribution in [-0.4, -0.2) is 15.8 Å². The summed E-state index contributed by atoms with van der Waals surface area (Å²) < 4.78 is 1.83. The molecule has 1 atom stereocenters. The van der Waals surface area contributed by atoms with E-state index in [2.05, 4.69) is 38.1 Å². The van der Waals surface area contributed by atoms with Gasteiger partial charge in [-0.15, -0.1) is 0 Å². The van der Waals surface area contributed by atoms with Gasteiger partial charge in [-0.1, -0.05) is 20.8 Å². The molecular weight excluding hydrogens is 174 g/mol. The van der Waals surface area contributed by atoms with Crippen molar-refractivity contribution in [3.05, 3.63) is 18.0 Å². The van der Waals surface area contributed by atoms with Gasteiger partial charge in [0.25, 0.3) is 0 Å². The minimum atomic E-state index is 0.300. The van der Waals surface area contributed by atoms with Crippen LogP contribution in [-0.2, 0) is 13.6 Å². The molecule has 0 fully saturated rings. The van der Waals surface area contributed by atoms with Gasteiger partial charge in [0.1, 0.15) is 0 Å². The zero-order chi connectivity index (χ0) is 10.8. The highest BCUT2D eigenvalue weighted by molar-refractivity contribution is 4.98. The van der Waals surface area contributed by atoms with E-state index in [9.17, 15) is 0 Å². The van der Waals surface area contributed by atoms with Gasteiger partial charge in [0, 0.05) is 25.8 Å². The van der Waals surface area contributed by atoms with Gasteiger partial charge in [-0.05, 0) is 18.4 Å². The molecule has 80 valence electrons. The topological polar surface area (TPSA) is 29.9 Å². The number of aromatic nitrogens is 2. The van der Waals surface area contributed by atoms with Crippen LogP contribution in [0.4, 0.5) is 0 Å². The lowest BCUT2D eigenvalue weighted by Gasteiger charge is -2.27. The lowest BCUT2D eigenvalue weighted by molar-refractivity contribution is 0.284. The average molecular weight is 195 g/mol. The molecule has 0 amide bonds. The number of hydrogen-bond acceptors (Lipinski definition) is 2. The van der Waals surface area contributed by atoms with Crippen LogP contribution < -0.4 is 5.32 Å². The molecular formula is C11H21N3. The van der Waals surface area contributed by atoms with Gasteiger partial charge >= 0.3 is 0 Å². The van der Waals surface area contributed by atoms with Gasteiger partial charge in [0.2, 0.25) is 0 Å². The first-order chi connectivity index (χ1) is 6.39. The van der Waals surface area contributed by atoms with Gasteiger partial charge in [0.15, 0.2) is 0 Å². The second-order valence-electron chi connectivity index (χ2n) is 4.95. The molecule has 1 heterocycles. The SMILES string of the molecule is CC(NCc1ccn(C)n1)C(C)(C)C. The van der Waals surface area contributed by atoms with Crippen LogP contribution >= 0.6 is 0 Å². The molecule has 0 aliphatic rings. The van der Waals surface area contributed by atoms with Gasteiger partial charge in [0.05, 0.1) is 5.69 Å². The average Bonchev–Trinajstić information content (AvgIpc) is 2.45. The molecule has 0 aliphatic heterocycles. The molecule has 0 saturated carbocycles. The second-order valence-corrected chi connectivity index (χ2v) is 4.95. The summed E-state index contributed by atoms with van der Waals surface area (Å²) in [6, 6.07) is 2.53. The summed E-state index contributed by atoms with van der Waals surface area (Å²) in [6.07, 6.45) is 1.97. The summed E-state index contributed by atoms with van der Waals surface area (Å²) >= 11 is 0. The van der Waals surface area contributed by atoms with Crippen LogP contribution in [0.5, 0.6) is 0 Å². The van der Waals surface area contributed by atoms with Crippen LogP contribution in [0.15, 0.2) is 12.3 Å². The van der Waals surface area contributed by atoms with E-state index in [4.69, 9.17) is 0 Å². The fourth-order valence-electron chi connectivity index (χ4n) is 1.12. The van der Waals surface area contributed by atoms with Crippen LogP contribution in [0.3, 0.4) is 0 Å². The summed E-state index contributed by atoms with van der Waals surface area (Å²) in [5, 5.41) is 7.80. The van der Waals surface area contributed by atoms with Crippen molar-refractivity contribution in [2.24, 2.45) is 12.5 Å². The summed E-state index contributed by atoms with van der Waals surface area (Å²) in [4.78, 5) is 0. The first kappa shape index (κ1) is 11.2. The van der Waals surface area contributed by atoms with E-state index in [0.717, 1.165) is 12.2 Å². The van der Waals surface area contributed by atoms with Gasteiger partial charge in [-0.25, -0.2) is 0 Å². The Hall–Kier alpha value is -0.830. The molecule has 0 aliphatic carbocycles. The Morgan fingerprint density at radius 1 is 1.50 bits per heavy atom. The van der Waals surface area contributed by atoms with E-state index in [1.165, 1.54) is 0 Å². The van der Waals surface area contributed by atoms with Gasteiger partial charge in [-0.2, -0.15) is 5.10 Å². The van der Waals surface area contributed by atoms with E-state index < -0.39 is 0 Å². The minimum Gasteiger partial charge on any atom is -0.308 e. The summed E-state index contributed by atoms with van der Waals surface area (Å²) in [6.45, 7) is 9.78. The second kappa shape index (κ2) is 4.13. The highest BCUT2D eigenvalue weighted by Crippen LogP contribution is 2.18. The first-order valence-electron chi connectivity index (χ1n) is 5.11. The highest BCUT2D eigenvalue weighted by atomic mass is 15.3. The number of nitrogens with zero attached hydrogens (tertiary/aromatic N) is 2. The quantitative estimate of drug-likeness (QED) is 0.799. The van der Waals surface area contributed by atoms with Gasteiger partial charge < -0.3 is 5.32 Å². The van der Waals surface area contributed by atoms with E-state index in [-0.39, 0.29) is 0 Å². The number of nitrogens with one attached hydrogen (secondary N) is 1. The maximum absolute atomic E-state index is 4.32. The monoisotopic (exact) mass is 195 g/mol. The molecule has 3 nitrogen and oxygen atoms in total. The molecule has 1 N–H and O–H groups in total. The molecule has 0 bridgehead atoms. The van der Waals surface area contributed by atoms with Crippen LogP contribution in [0, 0.1) is 5.41 Å². The summed E-state index contributed by atoms with van der Waals surface area (Å²) in [5.74, 6) is 0. The van der Waals surface area contributed by atoms with Crippen molar-refractivity contribution in [3.63, 3.8) is 0 Å². The van der Waals surface area contributed by atoms with E-state index in [1.807, 2.05) is 24.0 Å². The number of hydrogen-bond donors (Lipinski definition) is 1. The van der Waals surface area contributed by atoms with Crippen molar-refractivity contribution in [1.82, 2.24) is 15.1 Å². The maximum atomic E-state index is 4.32. The zero-order valence-electron chi connectivity index (χ0n) is 9.83. The lowest BCUT2D eigenvalue weighted by Crippen LogP contribution is -2.37. The Bertz CT molecular complexity index is 283. The normalized spacial score (nSPS) is 14.4. The number of rotatable bonds is 3. The van der Waals surface area contributed by atoms with E-state index in [0.29, 0.717) is 11.5 Å². The Morgan fingerprint density at radius 2 is 2.14 bits per heavy atom. The third-order valence-electron chi connectivity index (χ3n) is 2.66. The maximum Gasteiger partial charge on any atom is 0.0762 e. The lowest BCUT2D eigenvalue weighted by atomic mass is 9.88. The molecule has 3 heteroatoms. The molecule has 0 saturated heterocycles. The highest BCUT2D eigenvalue weighted by Gasteiger charge is 2.19. The predicted molar refractivity (Wildman–Crippen MR) is 59.0 cm³/mol. The molecule has 1 aromatic heterocycles.